The molecule has 0 unspecified atom stereocenters. The monoisotopic (exact) mass is 210 g/mol. The van der Waals surface area contributed by atoms with E-state index in [9.17, 15) is 4.79 Å². The van der Waals surface area contributed by atoms with Crippen molar-refractivity contribution in [3.63, 3.8) is 0 Å². The Morgan fingerprint density at radius 3 is 2.73 bits per heavy atom. The van der Waals surface area contributed by atoms with Gasteiger partial charge in [-0.25, -0.2) is 0 Å². The first-order valence-corrected chi connectivity index (χ1v) is 6.13. The van der Waals surface area contributed by atoms with E-state index in [2.05, 4.69) is 23.6 Å². The van der Waals surface area contributed by atoms with Gasteiger partial charge in [0, 0.05) is 32.6 Å². The quantitative estimate of drug-likeness (QED) is 0.649. The van der Waals surface area contributed by atoms with Gasteiger partial charge < -0.3 is 9.80 Å². The predicted molar refractivity (Wildman–Crippen MR) is 60.6 cm³/mol. The van der Waals surface area contributed by atoms with Crippen LogP contribution in [0.5, 0.6) is 0 Å². The number of hydrogen-bond donors (Lipinski definition) is 0. The van der Waals surface area contributed by atoms with E-state index in [1.54, 1.807) is 6.92 Å². The van der Waals surface area contributed by atoms with E-state index in [0.29, 0.717) is 17.9 Å². The molecule has 2 heterocycles. The Balaban J connectivity index is 2.08. The van der Waals surface area contributed by atoms with Gasteiger partial charge in [0.2, 0.25) is 5.91 Å². The second-order valence-corrected chi connectivity index (χ2v) is 5.06. The van der Waals surface area contributed by atoms with E-state index in [1.165, 1.54) is 13.0 Å². The lowest BCUT2D eigenvalue weighted by atomic mass is 9.87. The highest BCUT2D eigenvalue weighted by Gasteiger charge is 2.43. The van der Waals surface area contributed by atoms with Crippen LogP contribution in [0.1, 0.15) is 27.2 Å². The molecule has 2 aliphatic rings. The number of hydrogen-bond acceptors (Lipinski definition) is 2. The number of piperidine rings is 1. The summed E-state index contributed by atoms with van der Waals surface area (Å²) in [5, 5.41) is 0. The van der Waals surface area contributed by atoms with Crippen LogP contribution >= 0.6 is 0 Å². The van der Waals surface area contributed by atoms with Gasteiger partial charge in [0.25, 0.3) is 0 Å². The van der Waals surface area contributed by atoms with E-state index >= 15 is 0 Å². The molecular formula is C12H22N2O. The Labute approximate surface area is 92.4 Å². The summed E-state index contributed by atoms with van der Waals surface area (Å²) in [6, 6.07) is 0.528. The van der Waals surface area contributed by atoms with Crippen LogP contribution in [0.3, 0.4) is 0 Å². The standard InChI is InChI=1S/C12H22N2O/c1-4-13-6-5-12-11(8-13)9(2)7-14(12)10(3)15/h9,11-12H,4-8H2,1-3H3/t9-,11+,12+/m0/s1. The van der Waals surface area contributed by atoms with Crippen molar-refractivity contribution in [2.24, 2.45) is 11.8 Å². The molecule has 0 aliphatic carbocycles. The van der Waals surface area contributed by atoms with Gasteiger partial charge in [-0.3, -0.25) is 4.79 Å². The average molecular weight is 210 g/mol. The van der Waals surface area contributed by atoms with E-state index in [0.717, 1.165) is 19.6 Å². The molecule has 2 saturated heterocycles. The molecule has 0 N–H and O–H groups in total. The summed E-state index contributed by atoms with van der Waals surface area (Å²) in [7, 11) is 0. The lowest BCUT2D eigenvalue weighted by molar-refractivity contribution is -0.130. The molecule has 2 aliphatic heterocycles. The zero-order valence-electron chi connectivity index (χ0n) is 10.1. The maximum atomic E-state index is 11.5. The summed E-state index contributed by atoms with van der Waals surface area (Å²) >= 11 is 0. The Morgan fingerprint density at radius 2 is 2.13 bits per heavy atom. The van der Waals surface area contributed by atoms with Gasteiger partial charge in [-0.05, 0) is 24.8 Å². The van der Waals surface area contributed by atoms with Gasteiger partial charge in [0.05, 0.1) is 0 Å². The van der Waals surface area contributed by atoms with Crippen molar-refractivity contribution in [2.75, 3.05) is 26.2 Å². The van der Waals surface area contributed by atoms with Crippen LogP contribution in [0.2, 0.25) is 0 Å². The number of amides is 1. The third kappa shape index (κ3) is 1.89. The van der Waals surface area contributed by atoms with Gasteiger partial charge in [-0.2, -0.15) is 0 Å². The fourth-order valence-corrected chi connectivity index (χ4v) is 3.22. The summed E-state index contributed by atoms with van der Waals surface area (Å²) in [4.78, 5) is 16.1. The van der Waals surface area contributed by atoms with E-state index < -0.39 is 0 Å². The molecule has 0 aromatic rings. The molecule has 15 heavy (non-hydrogen) atoms. The average Bonchev–Trinajstić information content (AvgIpc) is 2.56. The van der Waals surface area contributed by atoms with Crippen LogP contribution in [-0.2, 0) is 4.79 Å². The third-order valence-electron chi connectivity index (χ3n) is 4.17. The van der Waals surface area contributed by atoms with Crippen molar-refractivity contribution in [3.8, 4) is 0 Å². The van der Waals surface area contributed by atoms with Crippen LogP contribution in [0.15, 0.2) is 0 Å². The van der Waals surface area contributed by atoms with Crippen LogP contribution in [-0.4, -0.2) is 47.9 Å². The lowest BCUT2D eigenvalue weighted by Crippen LogP contribution is -2.47. The highest BCUT2D eigenvalue weighted by atomic mass is 16.2. The summed E-state index contributed by atoms with van der Waals surface area (Å²) in [6.07, 6.45) is 1.17. The Hall–Kier alpha value is -0.570. The molecule has 0 bridgehead atoms. The first-order valence-electron chi connectivity index (χ1n) is 6.13. The molecule has 2 fully saturated rings. The van der Waals surface area contributed by atoms with Crippen molar-refractivity contribution in [3.05, 3.63) is 0 Å². The molecule has 3 heteroatoms. The van der Waals surface area contributed by atoms with Crippen molar-refractivity contribution in [1.82, 2.24) is 9.80 Å². The van der Waals surface area contributed by atoms with Gasteiger partial charge in [-0.15, -0.1) is 0 Å². The van der Waals surface area contributed by atoms with Crippen LogP contribution in [0.25, 0.3) is 0 Å². The first kappa shape index (κ1) is 10.9. The van der Waals surface area contributed by atoms with E-state index in [-0.39, 0.29) is 5.91 Å². The molecule has 2 rings (SSSR count). The number of nitrogens with zero attached hydrogens (tertiary/aromatic N) is 2. The number of fused-ring (bicyclic) bond motifs is 1. The SMILES string of the molecule is CCN1CC[C@@H]2[C@H](C1)[C@@H](C)CN2C(C)=O. The minimum Gasteiger partial charge on any atom is -0.339 e. The summed E-state index contributed by atoms with van der Waals surface area (Å²) in [6.45, 7) is 10.7. The number of carbonyl (C=O) groups is 1. The Bertz CT molecular complexity index is 254. The number of likely N-dealkylation sites (tertiary alicyclic amines) is 2. The molecule has 0 radical (unpaired) electrons. The first-order chi connectivity index (χ1) is 7.13. The lowest BCUT2D eigenvalue weighted by Gasteiger charge is -2.37. The highest BCUT2D eigenvalue weighted by Crippen LogP contribution is 2.35. The van der Waals surface area contributed by atoms with Gasteiger partial charge in [-0.1, -0.05) is 13.8 Å². The number of rotatable bonds is 1. The maximum Gasteiger partial charge on any atom is 0.219 e. The molecule has 0 saturated carbocycles. The Morgan fingerprint density at radius 1 is 1.40 bits per heavy atom. The normalized spacial score (nSPS) is 36.7. The molecule has 0 aromatic carbocycles. The third-order valence-corrected chi connectivity index (χ3v) is 4.17. The molecule has 3 nitrogen and oxygen atoms in total. The van der Waals surface area contributed by atoms with Crippen molar-refractivity contribution in [1.29, 1.82) is 0 Å². The highest BCUT2D eigenvalue weighted by molar-refractivity contribution is 5.74. The maximum absolute atomic E-state index is 11.5. The van der Waals surface area contributed by atoms with Crippen molar-refractivity contribution in [2.45, 2.75) is 33.2 Å². The fourth-order valence-electron chi connectivity index (χ4n) is 3.22. The van der Waals surface area contributed by atoms with Gasteiger partial charge >= 0.3 is 0 Å². The zero-order chi connectivity index (χ0) is 11.0. The Kier molecular flexibility index (Phi) is 3.01. The van der Waals surface area contributed by atoms with Gasteiger partial charge in [0.1, 0.15) is 0 Å². The summed E-state index contributed by atoms with van der Waals surface area (Å²) in [5.74, 6) is 1.65. The summed E-state index contributed by atoms with van der Waals surface area (Å²) < 4.78 is 0. The molecule has 1 amide bonds. The van der Waals surface area contributed by atoms with Crippen molar-refractivity contribution >= 4 is 5.91 Å². The second kappa shape index (κ2) is 4.12. The predicted octanol–water partition coefficient (Wildman–Crippen LogP) is 1.19. The topological polar surface area (TPSA) is 23.6 Å². The molecular weight excluding hydrogens is 188 g/mol. The van der Waals surface area contributed by atoms with Crippen LogP contribution in [0, 0.1) is 11.8 Å². The van der Waals surface area contributed by atoms with Crippen LogP contribution in [0.4, 0.5) is 0 Å². The second-order valence-electron chi connectivity index (χ2n) is 5.06. The summed E-state index contributed by atoms with van der Waals surface area (Å²) in [5.41, 5.74) is 0. The minimum absolute atomic E-state index is 0.263. The van der Waals surface area contributed by atoms with E-state index in [1.807, 2.05) is 0 Å². The smallest absolute Gasteiger partial charge is 0.219 e. The zero-order valence-corrected chi connectivity index (χ0v) is 10.1. The molecule has 0 spiro atoms. The number of carbonyl (C=O) groups excluding carboxylic acids is 1. The van der Waals surface area contributed by atoms with Crippen molar-refractivity contribution < 1.29 is 4.79 Å². The molecule has 3 atom stereocenters. The minimum atomic E-state index is 0.263. The van der Waals surface area contributed by atoms with Crippen LogP contribution < -0.4 is 0 Å². The van der Waals surface area contributed by atoms with Gasteiger partial charge in [0.15, 0.2) is 0 Å². The molecule has 86 valence electrons. The largest absolute Gasteiger partial charge is 0.339 e. The van der Waals surface area contributed by atoms with E-state index in [4.69, 9.17) is 0 Å². The fraction of sp³-hybridized carbons (Fsp3) is 0.917. The molecule has 0 aromatic heterocycles.